The predicted molar refractivity (Wildman–Crippen MR) is 111 cm³/mol. The molecule has 6 nitrogen and oxygen atoms in total. The molecule has 1 aromatic carbocycles. The van der Waals surface area contributed by atoms with Crippen molar-refractivity contribution in [3.63, 3.8) is 0 Å². The number of aliphatic imine (C=N–C) groups is 1. The monoisotopic (exact) mass is 463 g/mol. The average Bonchev–Trinajstić information content (AvgIpc) is 3.05. The number of aliphatic hydroxyl groups excluding tert-OH is 1. The maximum Gasteiger partial charge on any atom is 0.191 e. The van der Waals surface area contributed by atoms with Gasteiger partial charge in [-0.15, -0.1) is 24.0 Å². The summed E-state index contributed by atoms with van der Waals surface area (Å²) in [6.45, 7) is 5.68. The molecule has 7 heteroatoms. The molecule has 0 aliphatic carbocycles. The molecule has 0 saturated carbocycles. The van der Waals surface area contributed by atoms with Gasteiger partial charge in [0.05, 0.1) is 13.2 Å². The highest BCUT2D eigenvalue weighted by molar-refractivity contribution is 14.0. The van der Waals surface area contributed by atoms with Crippen LogP contribution in [-0.4, -0.2) is 51.1 Å². The zero-order valence-corrected chi connectivity index (χ0v) is 17.4. The number of halogens is 1. The number of rotatable bonds is 8. The number of hydrogen-bond donors (Lipinski definition) is 3. The maximum atomic E-state index is 9.29. The molecular weight excluding hydrogens is 433 g/mol. The van der Waals surface area contributed by atoms with Crippen molar-refractivity contribution in [1.29, 1.82) is 0 Å². The second-order valence-electron chi connectivity index (χ2n) is 6.14. The van der Waals surface area contributed by atoms with Gasteiger partial charge in [0.2, 0.25) is 0 Å². The van der Waals surface area contributed by atoms with E-state index in [0.29, 0.717) is 19.8 Å². The summed E-state index contributed by atoms with van der Waals surface area (Å²) < 4.78 is 11.0. The quantitative estimate of drug-likeness (QED) is 0.313. The largest absolute Gasteiger partial charge is 0.494 e. The first-order valence-corrected chi connectivity index (χ1v) is 8.56. The van der Waals surface area contributed by atoms with Gasteiger partial charge in [0.1, 0.15) is 5.75 Å². The molecule has 142 valence electrons. The van der Waals surface area contributed by atoms with Gasteiger partial charge in [-0.25, -0.2) is 0 Å². The van der Waals surface area contributed by atoms with E-state index >= 15 is 0 Å². The summed E-state index contributed by atoms with van der Waals surface area (Å²) >= 11 is 0. The van der Waals surface area contributed by atoms with Crippen LogP contribution < -0.4 is 15.4 Å². The van der Waals surface area contributed by atoms with Crippen molar-refractivity contribution in [3.05, 3.63) is 29.8 Å². The van der Waals surface area contributed by atoms with Crippen LogP contribution in [0.25, 0.3) is 0 Å². The van der Waals surface area contributed by atoms with Gasteiger partial charge in [-0.05, 0) is 37.5 Å². The van der Waals surface area contributed by atoms with E-state index < -0.39 is 0 Å². The molecular formula is C18H30IN3O3. The molecule has 0 bridgehead atoms. The fourth-order valence-electron chi connectivity index (χ4n) is 2.90. The number of hydrogen-bond acceptors (Lipinski definition) is 4. The lowest BCUT2D eigenvalue weighted by atomic mass is 9.84. The fourth-order valence-corrected chi connectivity index (χ4v) is 2.90. The molecule has 0 aromatic heterocycles. The molecule has 0 radical (unpaired) electrons. The Kier molecular flexibility index (Phi) is 10.1. The van der Waals surface area contributed by atoms with Gasteiger partial charge in [-0.1, -0.05) is 12.1 Å². The minimum absolute atomic E-state index is 0. The minimum Gasteiger partial charge on any atom is -0.494 e. The van der Waals surface area contributed by atoms with Crippen molar-refractivity contribution in [2.75, 3.05) is 40.0 Å². The molecule has 1 heterocycles. The van der Waals surface area contributed by atoms with Crippen LogP contribution in [0.5, 0.6) is 5.75 Å². The van der Waals surface area contributed by atoms with Crippen LogP contribution in [0.1, 0.15) is 25.3 Å². The molecule has 25 heavy (non-hydrogen) atoms. The van der Waals surface area contributed by atoms with Crippen LogP contribution in [-0.2, 0) is 11.3 Å². The Morgan fingerprint density at radius 2 is 2.24 bits per heavy atom. The normalized spacial score (nSPS) is 20.0. The molecule has 2 rings (SSSR count). The molecule has 1 atom stereocenters. The summed E-state index contributed by atoms with van der Waals surface area (Å²) in [5, 5.41) is 16.0. The lowest BCUT2D eigenvalue weighted by Crippen LogP contribution is -2.44. The molecule has 1 saturated heterocycles. The number of benzene rings is 1. The van der Waals surface area contributed by atoms with E-state index in [1.165, 1.54) is 0 Å². The predicted octanol–water partition coefficient (Wildman–Crippen LogP) is 2.16. The summed E-state index contributed by atoms with van der Waals surface area (Å²) in [4.78, 5) is 4.27. The number of aliphatic hydroxyl groups is 1. The smallest absolute Gasteiger partial charge is 0.191 e. The van der Waals surface area contributed by atoms with E-state index in [1.54, 1.807) is 7.05 Å². The summed E-state index contributed by atoms with van der Waals surface area (Å²) in [5.41, 5.74) is 1.14. The summed E-state index contributed by atoms with van der Waals surface area (Å²) in [6.07, 6.45) is 1.71. The maximum absolute atomic E-state index is 9.29. The van der Waals surface area contributed by atoms with Crippen molar-refractivity contribution in [1.82, 2.24) is 10.6 Å². The van der Waals surface area contributed by atoms with Gasteiger partial charge < -0.3 is 25.2 Å². The fraction of sp³-hybridized carbons (Fsp3) is 0.611. The second-order valence-corrected chi connectivity index (χ2v) is 6.14. The number of nitrogens with zero attached hydrogens (tertiary/aromatic N) is 1. The van der Waals surface area contributed by atoms with E-state index in [-0.39, 0.29) is 36.0 Å². The van der Waals surface area contributed by atoms with Gasteiger partial charge in [0.15, 0.2) is 5.96 Å². The van der Waals surface area contributed by atoms with E-state index in [0.717, 1.165) is 43.3 Å². The molecule has 1 aromatic rings. The van der Waals surface area contributed by atoms with E-state index in [2.05, 4.69) is 21.7 Å². The van der Waals surface area contributed by atoms with Crippen LogP contribution in [0.2, 0.25) is 0 Å². The van der Waals surface area contributed by atoms with Gasteiger partial charge in [0.25, 0.3) is 0 Å². The Labute approximate surface area is 167 Å². The third-order valence-electron chi connectivity index (χ3n) is 4.35. The molecule has 0 amide bonds. The second kappa shape index (κ2) is 11.5. The summed E-state index contributed by atoms with van der Waals surface area (Å²) in [6, 6.07) is 8.03. The van der Waals surface area contributed by atoms with Crippen LogP contribution in [0.4, 0.5) is 0 Å². The van der Waals surface area contributed by atoms with Crippen molar-refractivity contribution in [3.8, 4) is 5.75 Å². The molecule has 3 N–H and O–H groups in total. The van der Waals surface area contributed by atoms with Crippen molar-refractivity contribution < 1.29 is 14.6 Å². The minimum atomic E-state index is 0. The first kappa shape index (κ1) is 22.0. The standard InChI is InChI=1S/C18H29N3O3.HI/c1-3-24-16-6-4-5-15(11-16)12-20-17(19-2)21-13-18(7-9-22)8-10-23-14-18;/h4-6,11,22H,3,7-10,12-14H2,1-2H3,(H2,19,20,21);1H. The van der Waals surface area contributed by atoms with Gasteiger partial charge in [0, 0.05) is 38.8 Å². The highest BCUT2D eigenvalue weighted by Gasteiger charge is 2.34. The third-order valence-corrected chi connectivity index (χ3v) is 4.35. The van der Waals surface area contributed by atoms with Crippen LogP contribution in [0.3, 0.4) is 0 Å². The third kappa shape index (κ3) is 6.99. The number of guanidine groups is 1. The molecule has 0 spiro atoms. The van der Waals surface area contributed by atoms with Crippen molar-refractivity contribution >= 4 is 29.9 Å². The van der Waals surface area contributed by atoms with Gasteiger partial charge in [-0.2, -0.15) is 0 Å². The topological polar surface area (TPSA) is 75.1 Å². The lowest BCUT2D eigenvalue weighted by molar-refractivity contribution is 0.127. The van der Waals surface area contributed by atoms with Crippen molar-refractivity contribution in [2.24, 2.45) is 10.4 Å². The average molecular weight is 463 g/mol. The zero-order valence-electron chi connectivity index (χ0n) is 15.1. The van der Waals surface area contributed by atoms with Crippen LogP contribution in [0.15, 0.2) is 29.3 Å². The molecule has 1 aliphatic heterocycles. The van der Waals surface area contributed by atoms with Crippen molar-refractivity contribution in [2.45, 2.75) is 26.3 Å². The van der Waals surface area contributed by atoms with E-state index in [1.807, 2.05) is 25.1 Å². The number of nitrogens with one attached hydrogen (secondary N) is 2. The van der Waals surface area contributed by atoms with E-state index in [4.69, 9.17) is 9.47 Å². The first-order valence-electron chi connectivity index (χ1n) is 8.56. The molecule has 1 fully saturated rings. The summed E-state index contributed by atoms with van der Waals surface area (Å²) in [7, 11) is 1.76. The Hall–Kier alpha value is -1.06. The first-order chi connectivity index (χ1) is 11.7. The summed E-state index contributed by atoms with van der Waals surface area (Å²) in [5.74, 6) is 1.63. The van der Waals surface area contributed by atoms with Gasteiger partial charge >= 0.3 is 0 Å². The highest BCUT2D eigenvalue weighted by atomic mass is 127. The Balaban J connectivity index is 0.00000312. The SMILES string of the molecule is CCOc1cccc(CNC(=NC)NCC2(CCO)CCOC2)c1.I. The zero-order chi connectivity index (χ0) is 17.3. The van der Waals surface area contributed by atoms with E-state index in [9.17, 15) is 5.11 Å². The molecule has 1 unspecified atom stereocenters. The Morgan fingerprint density at radius 3 is 2.88 bits per heavy atom. The van der Waals surface area contributed by atoms with Crippen LogP contribution in [0, 0.1) is 5.41 Å². The number of ether oxygens (including phenoxy) is 2. The lowest BCUT2D eigenvalue weighted by Gasteiger charge is -2.27. The Morgan fingerprint density at radius 1 is 1.40 bits per heavy atom. The van der Waals surface area contributed by atoms with Gasteiger partial charge in [-0.3, -0.25) is 4.99 Å². The molecule has 1 aliphatic rings. The Bertz CT molecular complexity index is 534. The highest BCUT2D eigenvalue weighted by Crippen LogP contribution is 2.31. The van der Waals surface area contributed by atoms with Crippen LogP contribution >= 0.6 is 24.0 Å².